The summed E-state index contributed by atoms with van der Waals surface area (Å²) in [5.41, 5.74) is 4.23. The minimum atomic E-state index is -0.386. The normalized spacial score (nSPS) is 15.2. The summed E-state index contributed by atoms with van der Waals surface area (Å²) in [7, 11) is 1.39. The van der Waals surface area contributed by atoms with E-state index in [0.29, 0.717) is 18.7 Å². The predicted octanol–water partition coefficient (Wildman–Crippen LogP) is 3.00. The number of hydrogen-bond acceptors (Lipinski definition) is 7. The minimum Gasteiger partial charge on any atom is -0.452 e. The Balaban J connectivity index is 1.48. The van der Waals surface area contributed by atoms with E-state index in [-0.39, 0.29) is 31.1 Å². The third-order valence-corrected chi connectivity index (χ3v) is 6.53. The molecular formula is C25H29N7O4. The fourth-order valence-corrected chi connectivity index (χ4v) is 4.75. The summed E-state index contributed by atoms with van der Waals surface area (Å²) in [5.74, 6) is 1.22. The molecule has 0 saturated carbocycles. The molecule has 4 heterocycles. The highest BCUT2D eigenvalue weighted by molar-refractivity contribution is 5.95. The van der Waals surface area contributed by atoms with Crippen LogP contribution >= 0.6 is 0 Å². The topological polar surface area (TPSA) is 120 Å². The molecule has 1 aliphatic rings. The number of amides is 2. The van der Waals surface area contributed by atoms with Gasteiger partial charge in [0.2, 0.25) is 5.91 Å². The van der Waals surface area contributed by atoms with Crippen LogP contribution in [-0.4, -0.2) is 49.6 Å². The Morgan fingerprint density at radius 2 is 2.17 bits per heavy atom. The van der Waals surface area contributed by atoms with Crippen molar-refractivity contribution in [3.8, 4) is 0 Å². The molecule has 3 aromatic heterocycles. The molecule has 0 aliphatic carbocycles. The van der Waals surface area contributed by atoms with Gasteiger partial charge in [-0.2, -0.15) is 5.10 Å². The van der Waals surface area contributed by atoms with Crippen LogP contribution in [0.5, 0.6) is 0 Å². The lowest BCUT2D eigenvalue weighted by Gasteiger charge is -2.34. The van der Waals surface area contributed by atoms with Gasteiger partial charge in [-0.25, -0.2) is 9.78 Å². The highest BCUT2D eigenvalue weighted by atomic mass is 16.5. The third kappa shape index (κ3) is 4.56. The van der Waals surface area contributed by atoms with Gasteiger partial charge in [0.05, 0.1) is 36.1 Å². The highest BCUT2D eigenvalue weighted by Gasteiger charge is 2.31. The molecule has 1 N–H and O–H groups in total. The van der Waals surface area contributed by atoms with Crippen LogP contribution in [0.2, 0.25) is 0 Å². The van der Waals surface area contributed by atoms with Crippen LogP contribution in [0.1, 0.15) is 36.2 Å². The maximum atomic E-state index is 12.9. The van der Waals surface area contributed by atoms with E-state index in [1.54, 1.807) is 17.2 Å². The molecule has 2 amide bonds. The Labute approximate surface area is 208 Å². The number of aryl methyl sites for hydroxylation is 4. The molecule has 0 unspecified atom stereocenters. The van der Waals surface area contributed by atoms with Gasteiger partial charge in [-0.05, 0) is 44.9 Å². The highest BCUT2D eigenvalue weighted by Crippen LogP contribution is 2.36. The largest absolute Gasteiger partial charge is 0.452 e. The number of rotatable bonds is 7. The Morgan fingerprint density at radius 3 is 2.89 bits per heavy atom. The van der Waals surface area contributed by atoms with Crippen molar-refractivity contribution in [2.75, 3.05) is 12.0 Å². The van der Waals surface area contributed by atoms with Crippen LogP contribution in [0.25, 0.3) is 11.0 Å². The quantitative estimate of drug-likeness (QED) is 0.422. The van der Waals surface area contributed by atoms with Gasteiger partial charge in [0.1, 0.15) is 12.4 Å². The zero-order chi connectivity index (χ0) is 25.2. The first-order chi connectivity index (χ1) is 17.4. The van der Waals surface area contributed by atoms with Gasteiger partial charge in [-0.1, -0.05) is 5.16 Å². The molecule has 0 fully saturated rings. The summed E-state index contributed by atoms with van der Waals surface area (Å²) < 4.78 is 14.0. The number of benzene rings is 1. The van der Waals surface area contributed by atoms with Gasteiger partial charge in [-0.3, -0.25) is 14.4 Å². The van der Waals surface area contributed by atoms with Crippen molar-refractivity contribution >= 4 is 28.7 Å². The van der Waals surface area contributed by atoms with E-state index >= 15 is 0 Å². The van der Waals surface area contributed by atoms with E-state index in [1.165, 1.54) is 7.11 Å². The number of hydrogen-bond donors (Lipinski definition) is 1. The van der Waals surface area contributed by atoms with Gasteiger partial charge in [-0.15, -0.1) is 0 Å². The Bertz CT molecular complexity index is 1390. The average Bonchev–Trinajstić information content (AvgIpc) is 3.61. The number of carbonyl (C=O) groups is 2. The smallest absolute Gasteiger partial charge is 0.414 e. The van der Waals surface area contributed by atoms with Gasteiger partial charge in [0.15, 0.2) is 5.76 Å². The van der Waals surface area contributed by atoms with Crippen LogP contribution in [-0.2, 0) is 42.0 Å². The maximum Gasteiger partial charge on any atom is 0.414 e. The molecule has 0 bridgehead atoms. The van der Waals surface area contributed by atoms with E-state index < -0.39 is 0 Å². The SMILES string of the molecule is COC(=O)N1c2ccc3c(nc(CCn4cccn4)n3CC(=O)NCc3cc(C)no3)c2CC[C@@H]1C. The molecule has 5 rings (SSSR count). The number of nitrogens with zero attached hydrogens (tertiary/aromatic N) is 6. The first-order valence-corrected chi connectivity index (χ1v) is 12.0. The molecule has 1 aromatic carbocycles. The summed E-state index contributed by atoms with van der Waals surface area (Å²) in [6.45, 7) is 4.84. The summed E-state index contributed by atoms with van der Waals surface area (Å²) >= 11 is 0. The van der Waals surface area contributed by atoms with Crippen molar-refractivity contribution < 1.29 is 18.8 Å². The van der Waals surface area contributed by atoms with E-state index in [0.717, 1.165) is 46.6 Å². The summed E-state index contributed by atoms with van der Waals surface area (Å²) in [6, 6.07) is 7.55. The Kier molecular flexibility index (Phi) is 6.45. The number of imidazole rings is 1. The summed E-state index contributed by atoms with van der Waals surface area (Å²) in [4.78, 5) is 32.1. The number of fused-ring (bicyclic) bond motifs is 3. The molecule has 0 radical (unpaired) electrons. The van der Waals surface area contributed by atoms with Crippen molar-refractivity contribution in [3.63, 3.8) is 0 Å². The van der Waals surface area contributed by atoms with Gasteiger partial charge >= 0.3 is 6.09 Å². The molecule has 11 heteroatoms. The summed E-state index contributed by atoms with van der Waals surface area (Å²) in [6.07, 6.45) is 5.43. The van der Waals surface area contributed by atoms with Crippen LogP contribution in [0.3, 0.4) is 0 Å². The zero-order valence-electron chi connectivity index (χ0n) is 20.6. The number of carbonyl (C=O) groups excluding carboxylic acids is 2. The van der Waals surface area contributed by atoms with Gasteiger partial charge in [0, 0.05) is 43.0 Å². The molecule has 36 heavy (non-hydrogen) atoms. The van der Waals surface area contributed by atoms with Crippen LogP contribution in [0, 0.1) is 6.92 Å². The Hall–Kier alpha value is -4.15. The maximum absolute atomic E-state index is 12.9. The molecule has 0 saturated heterocycles. The number of aromatic nitrogens is 5. The zero-order valence-corrected chi connectivity index (χ0v) is 20.6. The van der Waals surface area contributed by atoms with E-state index in [1.807, 2.05) is 47.5 Å². The van der Waals surface area contributed by atoms with Crippen molar-refractivity contribution in [3.05, 3.63) is 59.5 Å². The van der Waals surface area contributed by atoms with Crippen LogP contribution in [0.15, 0.2) is 41.2 Å². The molecule has 188 valence electrons. The molecule has 1 atom stereocenters. The molecule has 0 spiro atoms. The van der Waals surface area contributed by atoms with E-state index in [9.17, 15) is 9.59 Å². The first-order valence-electron chi connectivity index (χ1n) is 12.0. The van der Waals surface area contributed by atoms with Crippen molar-refractivity contribution in [1.82, 2.24) is 29.8 Å². The fourth-order valence-electron chi connectivity index (χ4n) is 4.75. The second-order valence-electron chi connectivity index (χ2n) is 9.00. The van der Waals surface area contributed by atoms with Gasteiger partial charge in [0.25, 0.3) is 0 Å². The Morgan fingerprint density at radius 1 is 1.31 bits per heavy atom. The van der Waals surface area contributed by atoms with Crippen molar-refractivity contribution in [1.29, 1.82) is 0 Å². The average molecular weight is 492 g/mol. The predicted molar refractivity (Wildman–Crippen MR) is 131 cm³/mol. The fraction of sp³-hybridized carbons (Fsp3) is 0.400. The third-order valence-electron chi connectivity index (χ3n) is 6.53. The van der Waals surface area contributed by atoms with Crippen molar-refractivity contribution in [2.24, 2.45) is 0 Å². The lowest BCUT2D eigenvalue weighted by Crippen LogP contribution is -2.42. The number of anilines is 1. The van der Waals surface area contributed by atoms with Crippen LogP contribution in [0.4, 0.5) is 10.5 Å². The molecular weight excluding hydrogens is 462 g/mol. The van der Waals surface area contributed by atoms with Gasteiger partial charge < -0.3 is 19.1 Å². The standard InChI is InChI=1S/C25H29N7O4/c1-16-13-18(36-29-16)14-26-23(33)15-31-21-8-7-20-19(6-5-17(2)32(20)25(34)35-3)24(21)28-22(31)9-12-30-11-4-10-27-30/h4,7-8,10-11,13,17H,5-6,9,12,14-15H2,1-3H3,(H,26,33)/t17-/m0/s1. The van der Waals surface area contributed by atoms with Crippen molar-refractivity contribution in [2.45, 2.75) is 58.8 Å². The second kappa shape index (κ2) is 9.84. The minimum absolute atomic E-state index is 0.0225. The first kappa shape index (κ1) is 23.6. The van der Waals surface area contributed by atoms with E-state index in [2.05, 4.69) is 15.6 Å². The van der Waals surface area contributed by atoms with E-state index in [4.69, 9.17) is 14.2 Å². The monoisotopic (exact) mass is 491 g/mol. The summed E-state index contributed by atoms with van der Waals surface area (Å²) in [5, 5.41) is 11.0. The number of ether oxygens (including phenoxy) is 1. The molecule has 11 nitrogen and oxygen atoms in total. The second-order valence-corrected chi connectivity index (χ2v) is 9.00. The number of methoxy groups -OCH3 is 1. The lowest BCUT2D eigenvalue weighted by molar-refractivity contribution is -0.121. The molecule has 1 aliphatic heterocycles. The number of nitrogens with one attached hydrogen (secondary N) is 1. The lowest BCUT2D eigenvalue weighted by atomic mass is 9.96. The van der Waals surface area contributed by atoms with Crippen LogP contribution < -0.4 is 10.2 Å². The molecule has 4 aromatic rings.